The summed E-state index contributed by atoms with van der Waals surface area (Å²) in [5, 5.41) is 10.7. The highest BCUT2D eigenvalue weighted by Gasteiger charge is 2.50. The van der Waals surface area contributed by atoms with Gasteiger partial charge >= 0.3 is 0 Å². The van der Waals surface area contributed by atoms with Gasteiger partial charge in [0.1, 0.15) is 0 Å². The molecule has 2 aromatic rings. The molecule has 0 unspecified atom stereocenters. The van der Waals surface area contributed by atoms with Crippen LogP contribution in [0.1, 0.15) is 78.1 Å². The van der Waals surface area contributed by atoms with Crippen molar-refractivity contribution < 1.29 is 4.79 Å². The fourth-order valence-corrected chi connectivity index (χ4v) is 7.88. The molecule has 2 saturated heterocycles. The number of fused-ring (bicyclic) bond motifs is 2. The lowest BCUT2D eigenvalue weighted by molar-refractivity contribution is -0.129. The minimum Gasteiger partial charge on any atom is -0.338 e. The predicted molar refractivity (Wildman–Crippen MR) is 142 cm³/mol. The van der Waals surface area contributed by atoms with Gasteiger partial charge in [-0.2, -0.15) is 0 Å². The maximum Gasteiger partial charge on any atom is 0.233 e. The molecule has 190 valence electrons. The van der Waals surface area contributed by atoms with Crippen LogP contribution in [-0.2, 0) is 4.79 Å². The van der Waals surface area contributed by atoms with Crippen LogP contribution in [0.5, 0.6) is 0 Å². The topological polar surface area (TPSA) is 54.3 Å². The second-order valence-electron chi connectivity index (χ2n) is 11.9. The van der Waals surface area contributed by atoms with Gasteiger partial charge in [-0.05, 0) is 87.2 Å². The van der Waals surface area contributed by atoms with Gasteiger partial charge in [0.25, 0.3) is 0 Å². The Kier molecular flexibility index (Phi) is 6.96. The van der Waals surface area contributed by atoms with E-state index in [2.05, 4.69) is 52.3 Å². The number of hydrogen-bond donors (Lipinski definition) is 0. The van der Waals surface area contributed by atoms with E-state index >= 15 is 0 Å². The number of carbonyl (C=O) groups excluding carboxylic acids is 1. The zero-order valence-electron chi connectivity index (χ0n) is 21.5. The molecule has 0 radical (unpaired) electrons. The van der Waals surface area contributed by atoms with E-state index < -0.39 is 0 Å². The molecule has 3 fully saturated rings. The maximum atomic E-state index is 13.4. The Morgan fingerprint density at radius 3 is 2.54 bits per heavy atom. The molecule has 1 aliphatic carbocycles. The van der Waals surface area contributed by atoms with Crippen molar-refractivity contribution in [2.45, 2.75) is 83.5 Å². The van der Waals surface area contributed by atoms with E-state index in [0.29, 0.717) is 22.2 Å². The summed E-state index contributed by atoms with van der Waals surface area (Å²) < 4.78 is 2.13. The van der Waals surface area contributed by atoms with Crippen LogP contribution in [0.2, 0.25) is 5.02 Å². The van der Waals surface area contributed by atoms with Crippen LogP contribution in [-0.4, -0.2) is 61.9 Å². The maximum absolute atomic E-state index is 13.4. The van der Waals surface area contributed by atoms with E-state index in [1.807, 2.05) is 24.3 Å². The molecule has 8 heteroatoms. The van der Waals surface area contributed by atoms with Gasteiger partial charge in [0.2, 0.25) is 5.91 Å². The lowest BCUT2D eigenvalue weighted by atomic mass is 9.65. The largest absolute Gasteiger partial charge is 0.338 e. The van der Waals surface area contributed by atoms with Crippen LogP contribution in [0, 0.1) is 10.8 Å². The van der Waals surface area contributed by atoms with E-state index in [1.54, 1.807) is 0 Å². The summed E-state index contributed by atoms with van der Waals surface area (Å²) in [6.45, 7) is 12.3. The minimum absolute atomic E-state index is 0.156. The number of aromatic nitrogens is 3. The average Bonchev–Trinajstić information content (AvgIpc) is 3.35. The van der Waals surface area contributed by atoms with Gasteiger partial charge in [0.05, 0.1) is 11.8 Å². The van der Waals surface area contributed by atoms with Crippen molar-refractivity contribution in [1.29, 1.82) is 0 Å². The molecule has 1 saturated carbocycles. The molecule has 1 amide bonds. The lowest BCUT2D eigenvalue weighted by Gasteiger charge is -2.39. The number of rotatable bonds is 6. The summed E-state index contributed by atoms with van der Waals surface area (Å²) >= 11 is 7.69. The molecular formula is C27H38ClN5OS. The van der Waals surface area contributed by atoms with E-state index in [4.69, 9.17) is 11.6 Å². The summed E-state index contributed by atoms with van der Waals surface area (Å²) in [5.74, 6) is 1.53. The summed E-state index contributed by atoms with van der Waals surface area (Å²) in [4.78, 5) is 18.1. The second-order valence-corrected chi connectivity index (χ2v) is 13.3. The van der Waals surface area contributed by atoms with Crippen molar-refractivity contribution >= 4 is 29.3 Å². The summed E-state index contributed by atoms with van der Waals surface area (Å²) in [5.41, 5.74) is 1.53. The monoisotopic (exact) mass is 515 g/mol. The number of nitrogens with zero attached hydrogens (tertiary/aromatic N) is 5. The number of benzene rings is 1. The first-order valence-corrected chi connectivity index (χ1v) is 14.4. The molecular weight excluding hydrogens is 478 g/mol. The van der Waals surface area contributed by atoms with Gasteiger partial charge in [-0.3, -0.25) is 14.3 Å². The molecule has 35 heavy (non-hydrogen) atoms. The Bertz CT molecular complexity index is 1060. The third-order valence-corrected chi connectivity index (χ3v) is 9.28. The van der Waals surface area contributed by atoms with Crippen LogP contribution in [0.3, 0.4) is 0 Å². The number of piperidine rings is 1. The SMILES string of the molecule is C[C@@H](c1nnc(SCC(=O)N2C[C@]3(C)C[C@@H]2CC(C)(C)C3)n1-c1ccc(Cl)cc1)N1CCCCC1. The first kappa shape index (κ1) is 25.1. The molecule has 2 aliphatic heterocycles. The van der Waals surface area contributed by atoms with Crippen molar-refractivity contribution in [1.82, 2.24) is 24.6 Å². The Balaban J connectivity index is 1.36. The molecule has 3 aliphatic rings. The zero-order chi connectivity index (χ0) is 24.8. The van der Waals surface area contributed by atoms with Crippen molar-refractivity contribution in [2.24, 2.45) is 10.8 Å². The fraction of sp³-hybridized carbons (Fsp3) is 0.667. The van der Waals surface area contributed by atoms with Gasteiger partial charge in [0, 0.05) is 23.3 Å². The van der Waals surface area contributed by atoms with E-state index in [-0.39, 0.29) is 17.4 Å². The molecule has 1 aromatic heterocycles. The molecule has 3 atom stereocenters. The van der Waals surface area contributed by atoms with Crippen LogP contribution in [0.25, 0.3) is 5.69 Å². The number of likely N-dealkylation sites (tertiary alicyclic amines) is 2. The normalized spacial score (nSPS) is 27.2. The van der Waals surface area contributed by atoms with Crippen molar-refractivity contribution in [2.75, 3.05) is 25.4 Å². The summed E-state index contributed by atoms with van der Waals surface area (Å²) in [7, 11) is 0. The van der Waals surface area contributed by atoms with Crippen LogP contribution >= 0.6 is 23.4 Å². The van der Waals surface area contributed by atoms with E-state index in [0.717, 1.165) is 49.1 Å². The number of thioether (sulfide) groups is 1. The van der Waals surface area contributed by atoms with E-state index in [1.165, 1.54) is 37.4 Å². The molecule has 5 rings (SSSR count). The number of halogens is 1. The summed E-state index contributed by atoms with van der Waals surface area (Å²) in [6.07, 6.45) is 7.16. The lowest BCUT2D eigenvalue weighted by Crippen LogP contribution is -2.38. The van der Waals surface area contributed by atoms with Gasteiger partial charge in [0.15, 0.2) is 11.0 Å². The third kappa shape index (κ3) is 5.28. The van der Waals surface area contributed by atoms with Crippen LogP contribution in [0.4, 0.5) is 0 Å². The molecule has 3 heterocycles. The number of hydrogen-bond acceptors (Lipinski definition) is 5. The van der Waals surface area contributed by atoms with Crippen molar-refractivity contribution in [3.63, 3.8) is 0 Å². The zero-order valence-corrected chi connectivity index (χ0v) is 23.0. The first-order valence-electron chi connectivity index (χ1n) is 13.0. The Labute approximate surface area is 218 Å². The Hall–Kier alpha value is -1.57. The second kappa shape index (κ2) is 9.71. The average molecular weight is 516 g/mol. The highest BCUT2D eigenvalue weighted by Crippen LogP contribution is 2.52. The van der Waals surface area contributed by atoms with Gasteiger partial charge in [-0.25, -0.2) is 0 Å². The molecule has 1 aromatic carbocycles. The first-order chi connectivity index (χ1) is 16.6. The Morgan fingerprint density at radius 1 is 1.11 bits per heavy atom. The van der Waals surface area contributed by atoms with Crippen LogP contribution < -0.4 is 0 Å². The van der Waals surface area contributed by atoms with Crippen molar-refractivity contribution in [3.8, 4) is 5.69 Å². The standard InChI is InChI=1S/C27H38ClN5OS/c1-19(31-12-6-5-7-13-31)24-29-30-25(33(24)21-10-8-20(28)9-11-21)35-16-23(34)32-18-27(4)15-22(32)14-26(2,3)17-27/h8-11,19,22H,5-7,12-18H2,1-4H3/t19-,22-,27+/m0/s1. The number of amides is 1. The van der Waals surface area contributed by atoms with Gasteiger partial charge in [-0.15, -0.1) is 10.2 Å². The quantitative estimate of drug-likeness (QED) is 0.442. The third-order valence-electron chi connectivity index (χ3n) is 8.12. The fourth-order valence-electron chi connectivity index (χ4n) is 6.91. The predicted octanol–water partition coefficient (Wildman–Crippen LogP) is 5.99. The minimum atomic E-state index is 0.156. The highest BCUT2D eigenvalue weighted by atomic mass is 35.5. The molecule has 0 N–H and O–H groups in total. The Morgan fingerprint density at radius 2 is 1.83 bits per heavy atom. The van der Waals surface area contributed by atoms with Crippen molar-refractivity contribution in [3.05, 3.63) is 35.1 Å². The number of carbonyl (C=O) groups is 1. The van der Waals surface area contributed by atoms with Gasteiger partial charge < -0.3 is 4.90 Å². The smallest absolute Gasteiger partial charge is 0.233 e. The van der Waals surface area contributed by atoms with Crippen LogP contribution in [0.15, 0.2) is 29.4 Å². The molecule has 0 spiro atoms. The molecule has 2 bridgehead atoms. The van der Waals surface area contributed by atoms with Gasteiger partial charge in [-0.1, -0.05) is 50.6 Å². The van der Waals surface area contributed by atoms with E-state index in [9.17, 15) is 4.79 Å². The highest BCUT2D eigenvalue weighted by molar-refractivity contribution is 7.99. The summed E-state index contributed by atoms with van der Waals surface area (Å²) in [6, 6.07) is 8.34. The molecule has 6 nitrogen and oxygen atoms in total.